The molecule has 0 saturated carbocycles. The molecule has 26 heavy (non-hydrogen) atoms. The molecular weight excluding hydrogens is 344 g/mol. The highest BCUT2D eigenvalue weighted by molar-refractivity contribution is 5.94. The molecule has 10 heteroatoms. The third kappa shape index (κ3) is 7.95. The van der Waals surface area contributed by atoms with E-state index in [-0.39, 0.29) is 11.8 Å². The van der Waals surface area contributed by atoms with Crippen molar-refractivity contribution in [1.82, 2.24) is 21.3 Å². The van der Waals surface area contributed by atoms with Crippen LogP contribution in [0.1, 0.15) is 41.5 Å². The molecule has 0 unspecified atom stereocenters. The first-order valence-corrected chi connectivity index (χ1v) is 8.27. The van der Waals surface area contributed by atoms with Gasteiger partial charge >= 0.3 is 5.97 Å². The monoisotopic (exact) mass is 372 g/mol. The Morgan fingerprint density at radius 2 is 1.08 bits per heavy atom. The zero-order chi connectivity index (χ0) is 20.6. The number of carbonyl (C=O) groups is 5. The number of carbonyl (C=O) groups excluding carboxylic acids is 4. The Morgan fingerprint density at radius 1 is 0.654 bits per heavy atom. The summed E-state index contributed by atoms with van der Waals surface area (Å²) >= 11 is 0. The summed E-state index contributed by atoms with van der Waals surface area (Å²) in [5.74, 6) is -3.67. The molecule has 0 bridgehead atoms. The van der Waals surface area contributed by atoms with Gasteiger partial charge in [0.1, 0.15) is 24.2 Å². The zero-order valence-corrected chi connectivity index (χ0v) is 15.9. The molecule has 0 aliphatic carbocycles. The number of aliphatic carboxylic acids is 1. The summed E-state index contributed by atoms with van der Waals surface area (Å²) < 4.78 is 0. The van der Waals surface area contributed by atoms with Crippen LogP contribution in [0, 0.1) is 5.92 Å². The predicted molar refractivity (Wildman–Crippen MR) is 92.9 cm³/mol. The molecule has 10 nitrogen and oxygen atoms in total. The lowest BCUT2D eigenvalue weighted by Crippen LogP contribution is -2.57. The molecular formula is C16H28N4O6. The van der Waals surface area contributed by atoms with E-state index in [9.17, 15) is 24.0 Å². The van der Waals surface area contributed by atoms with E-state index < -0.39 is 47.9 Å². The third-order valence-electron chi connectivity index (χ3n) is 3.54. The molecule has 0 spiro atoms. The van der Waals surface area contributed by atoms with Gasteiger partial charge in [-0.05, 0) is 26.7 Å². The van der Waals surface area contributed by atoms with Crippen molar-refractivity contribution in [2.24, 2.45) is 5.92 Å². The van der Waals surface area contributed by atoms with Crippen LogP contribution in [0.4, 0.5) is 0 Å². The van der Waals surface area contributed by atoms with Crippen molar-refractivity contribution >= 4 is 29.6 Å². The van der Waals surface area contributed by atoms with E-state index in [1.807, 2.05) is 0 Å². The second-order valence-electron chi connectivity index (χ2n) is 6.45. The maximum Gasteiger partial charge on any atom is 0.325 e. The van der Waals surface area contributed by atoms with Crippen LogP contribution >= 0.6 is 0 Å². The van der Waals surface area contributed by atoms with E-state index in [1.165, 1.54) is 27.7 Å². The Labute approximate surface area is 152 Å². The number of carboxylic acids is 1. The number of carboxylic acid groups (broad SMARTS) is 1. The molecule has 0 aromatic carbocycles. The lowest BCUT2D eigenvalue weighted by molar-refractivity contribution is -0.142. The number of rotatable bonds is 9. The van der Waals surface area contributed by atoms with Crippen molar-refractivity contribution in [3.63, 3.8) is 0 Å². The van der Waals surface area contributed by atoms with Gasteiger partial charge in [-0.25, -0.2) is 0 Å². The van der Waals surface area contributed by atoms with Crippen LogP contribution in [-0.4, -0.2) is 58.9 Å². The number of amides is 4. The van der Waals surface area contributed by atoms with Crippen molar-refractivity contribution < 1.29 is 29.1 Å². The molecule has 0 aromatic rings. The molecule has 0 radical (unpaired) electrons. The first-order valence-electron chi connectivity index (χ1n) is 8.27. The van der Waals surface area contributed by atoms with Gasteiger partial charge in [0.25, 0.3) is 0 Å². The minimum atomic E-state index is -1.19. The molecule has 148 valence electrons. The van der Waals surface area contributed by atoms with Crippen LogP contribution in [0.2, 0.25) is 0 Å². The maximum atomic E-state index is 12.3. The average molecular weight is 372 g/mol. The van der Waals surface area contributed by atoms with Crippen LogP contribution in [0.3, 0.4) is 0 Å². The van der Waals surface area contributed by atoms with E-state index in [0.29, 0.717) is 0 Å². The summed E-state index contributed by atoms with van der Waals surface area (Å²) in [6, 6.07) is -3.83. The fraction of sp³-hybridized carbons (Fsp3) is 0.688. The standard InChI is InChI=1S/C16H28N4O6/c1-7(2)12(15(24)19-10(5)16(25)26)20-14(23)9(4)18-13(22)8(3)17-11(6)21/h7-10,12H,1-6H3,(H,17,21)(H,18,22)(H,19,24)(H,20,23)(H,25,26)/t8-,9-,10-,12-/m0/s1. The summed E-state index contributed by atoms with van der Waals surface area (Å²) in [5, 5.41) is 18.5. The topological polar surface area (TPSA) is 154 Å². The highest BCUT2D eigenvalue weighted by Crippen LogP contribution is 2.03. The maximum absolute atomic E-state index is 12.3. The van der Waals surface area contributed by atoms with Crippen LogP contribution < -0.4 is 21.3 Å². The SMILES string of the molecule is CC(=O)N[C@@H](C)C(=O)N[C@@H](C)C(=O)N[C@H](C(=O)N[C@@H](C)C(=O)O)C(C)C. The Hall–Kier alpha value is -2.65. The molecule has 0 heterocycles. The predicted octanol–water partition coefficient (Wildman–Crippen LogP) is -1.25. The molecule has 0 aromatic heterocycles. The van der Waals surface area contributed by atoms with Gasteiger partial charge in [0.05, 0.1) is 0 Å². The van der Waals surface area contributed by atoms with E-state index in [0.717, 1.165) is 0 Å². The minimum absolute atomic E-state index is 0.304. The largest absolute Gasteiger partial charge is 0.480 e. The summed E-state index contributed by atoms with van der Waals surface area (Å²) in [7, 11) is 0. The van der Waals surface area contributed by atoms with Gasteiger partial charge in [0.2, 0.25) is 23.6 Å². The van der Waals surface area contributed by atoms with Crippen LogP contribution in [0.5, 0.6) is 0 Å². The van der Waals surface area contributed by atoms with Gasteiger partial charge in [-0.15, -0.1) is 0 Å². The van der Waals surface area contributed by atoms with Crippen LogP contribution in [0.25, 0.3) is 0 Å². The van der Waals surface area contributed by atoms with E-state index in [1.54, 1.807) is 13.8 Å². The minimum Gasteiger partial charge on any atom is -0.480 e. The second kappa shape index (κ2) is 10.4. The van der Waals surface area contributed by atoms with Crippen molar-refractivity contribution in [3.8, 4) is 0 Å². The molecule has 0 fully saturated rings. The summed E-state index contributed by atoms with van der Waals surface area (Å²) in [6.45, 7) is 8.87. The lowest BCUT2D eigenvalue weighted by Gasteiger charge is -2.25. The zero-order valence-electron chi connectivity index (χ0n) is 15.9. The quantitative estimate of drug-likeness (QED) is 0.341. The van der Waals surface area contributed by atoms with Crippen molar-refractivity contribution in [1.29, 1.82) is 0 Å². The third-order valence-corrected chi connectivity index (χ3v) is 3.54. The molecule has 0 rings (SSSR count). The summed E-state index contributed by atoms with van der Waals surface area (Å²) in [5.41, 5.74) is 0. The van der Waals surface area contributed by atoms with Gasteiger partial charge in [-0.1, -0.05) is 13.8 Å². The second-order valence-corrected chi connectivity index (χ2v) is 6.45. The summed E-state index contributed by atoms with van der Waals surface area (Å²) in [6.07, 6.45) is 0. The number of hydrogen-bond acceptors (Lipinski definition) is 5. The van der Waals surface area contributed by atoms with Crippen molar-refractivity contribution in [2.45, 2.75) is 65.7 Å². The molecule has 0 aliphatic heterocycles. The summed E-state index contributed by atoms with van der Waals surface area (Å²) in [4.78, 5) is 58.1. The molecule has 4 atom stereocenters. The highest BCUT2D eigenvalue weighted by Gasteiger charge is 2.29. The fourth-order valence-electron chi connectivity index (χ4n) is 1.95. The first-order chi connectivity index (χ1) is 11.9. The Balaban J connectivity index is 4.84. The Kier molecular flexibility index (Phi) is 9.31. The van der Waals surface area contributed by atoms with Gasteiger partial charge in [0.15, 0.2) is 0 Å². The van der Waals surface area contributed by atoms with Gasteiger partial charge in [-0.3, -0.25) is 24.0 Å². The van der Waals surface area contributed by atoms with Gasteiger partial charge in [0, 0.05) is 6.92 Å². The number of hydrogen-bond donors (Lipinski definition) is 5. The molecule has 4 amide bonds. The Morgan fingerprint density at radius 3 is 1.50 bits per heavy atom. The fourth-order valence-corrected chi connectivity index (χ4v) is 1.95. The van der Waals surface area contributed by atoms with E-state index in [4.69, 9.17) is 5.11 Å². The van der Waals surface area contributed by atoms with Gasteiger partial charge in [-0.2, -0.15) is 0 Å². The molecule has 5 N–H and O–H groups in total. The number of nitrogens with one attached hydrogen (secondary N) is 4. The van der Waals surface area contributed by atoms with Crippen LogP contribution in [-0.2, 0) is 24.0 Å². The van der Waals surface area contributed by atoms with E-state index in [2.05, 4.69) is 21.3 Å². The smallest absolute Gasteiger partial charge is 0.325 e. The van der Waals surface area contributed by atoms with E-state index >= 15 is 0 Å². The van der Waals surface area contributed by atoms with Crippen molar-refractivity contribution in [3.05, 3.63) is 0 Å². The lowest BCUT2D eigenvalue weighted by atomic mass is 10.0. The Bertz CT molecular complexity index is 563. The highest BCUT2D eigenvalue weighted by atomic mass is 16.4. The molecule has 0 saturated heterocycles. The van der Waals surface area contributed by atoms with Crippen molar-refractivity contribution in [2.75, 3.05) is 0 Å². The normalized spacial score (nSPS) is 15.2. The first kappa shape index (κ1) is 23.4. The van der Waals surface area contributed by atoms with Crippen LogP contribution in [0.15, 0.2) is 0 Å². The molecule has 0 aliphatic rings. The van der Waals surface area contributed by atoms with Gasteiger partial charge < -0.3 is 26.4 Å². The average Bonchev–Trinajstić information content (AvgIpc) is 2.50.